The first kappa shape index (κ1) is 13.7. The summed E-state index contributed by atoms with van der Waals surface area (Å²) in [6.45, 7) is 8.61. The van der Waals surface area contributed by atoms with Gasteiger partial charge < -0.3 is 5.11 Å². The zero-order valence-electron chi connectivity index (χ0n) is 10.0. The van der Waals surface area contributed by atoms with Gasteiger partial charge in [0.2, 0.25) is 0 Å². The fraction of sp³-hybridized carbons (Fsp3) is 0.583. The molecule has 0 aromatic carbocycles. The van der Waals surface area contributed by atoms with Gasteiger partial charge in [-0.25, -0.2) is 4.79 Å². The molecular weight excluding hydrogens is 288 g/mol. The molecule has 1 N–H and O–H groups in total. The van der Waals surface area contributed by atoms with Crippen molar-refractivity contribution in [1.29, 1.82) is 0 Å². The number of carbonyl (C=O) groups is 1. The topological polar surface area (TPSA) is 37.3 Å². The van der Waals surface area contributed by atoms with Gasteiger partial charge in [0, 0.05) is 0 Å². The summed E-state index contributed by atoms with van der Waals surface area (Å²) in [7, 11) is 0. The van der Waals surface area contributed by atoms with Crippen LogP contribution in [0.5, 0.6) is 0 Å². The molecule has 16 heavy (non-hydrogen) atoms. The fourth-order valence-electron chi connectivity index (χ4n) is 1.94. The van der Waals surface area contributed by atoms with Gasteiger partial charge in [-0.1, -0.05) is 27.7 Å². The molecule has 2 nitrogen and oxygen atoms in total. The SMILES string of the molecule is CC(CC(C)(C)C)c1cc(Br)sc1C(=O)O. The molecule has 0 aliphatic carbocycles. The van der Waals surface area contributed by atoms with Crippen molar-refractivity contribution in [2.45, 2.75) is 40.0 Å². The van der Waals surface area contributed by atoms with Gasteiger partial charge in [-0.15, -0.1) is 11.3 Å². The number of thiophene rings is 1. The van der Waals surface area contributed by atoms with E-state index < -0.39 is 5.97 Å². The van der Waals surface area contributed by atoms with E-state index in [-0.39, 0.29) is 11.3 Å². The second kappa shape index (κ2) is 4.88. The third-order valence-electron chi connectivity index (χ3n) is 2.37. The molecule has 0 aliphatic heterocycles. The molecule has 1 aromatic heterocycles. The molecule has 0 bridgehead atoms. The molecule has 0 saturated heterocycles. The first-order valence-electron chi connectivity index (χ1n) is 5.23. The minimum Gasteiger partial charge on any atom is -0.477 e. The van der Waals surface area contributed by atoms with E-state index in [2.05, 4.69) is 43.6 Å². The van der Waals surface area contributed by atoms with Gasteiger partial charge in [0.05, 0.1) is 3.79 Å². The van der Waals surface area contributed by atoms with Crippen LogP contribution in [-0.4, -0.2) is 11.1 Å². The molecule has 0 radical (unpaired) electrons. The van der Waals surface area contributed by atoms with E-state index in [4.69, 9.17) is 5.11 Å². The Morgan fingerprint density at radius 1 is 1.56 bits per heavy atom. The molecular formula is C12H17BrO2S. The van der Waals surface area contributed by atoms with Crippen molar-refractivity contribution in [3.05, 3.63) is 20.3 Å². The summed E-state index contributed by atoms with van der Waals surface area (Å²) in [5.74, 6) is -0.555. The number of rotatable bonds is 3. The van der Waals surface area contributed by atoms with Crippen LogP contribution in [-0.2, 0) is 0 Å². The van der Waals surface area contributed by atoms with E-state index in [0.717, 1.165) is 15.8 Å². The molecule has 1 heterocycles. The first-order valence-corrected chi connectivity index (χ1v) is 6.84. The highest BCUT2D eigenvalue weighted by Gasteiger charge is 2.23. The molecule has 0 amide bonds. The monoisotopic (exact) mass is 304 g/mol. The van der Waals surface area contributed by atoms with E-state index in [1.165, 1.54) is 11.3 Å². The number of carboxylic acid groups (broad SMARTS) is 1. The molecule has 90 valence electrons. The van der Waals surface area contributed by atoms with Crippen molar-refractivity contribution in [3.63, 3.8) is 0 Å². The van der Waals surface area contributed by atoms with Crippen molar-refractivity contribution < 1.29 is 9.90 Å². The van der Waals surface area contributed by atoms with Crippen LogP contribution in [0.1, 0.15) is 55.3 Å². The Morgan fingerprint density at radius 2 is 2.12 bits per heavy atom. The van der Waals surface area contributed by atoms with E-state index in [0.29, 0.717) is 4.88 Å². The smallest absolute Gasteiger partial charge is 0.346 e. The Hall–Kier alpha value is -0.350. The second-order valence-corrected chi connectivity index (χ2v) is 7.74. The molecule has 4 heteroatoms. The van der Waals surface area contributed by atoms with Crippen LogP contribution in [0.2, 0.25) is 0 Å². The zero-order chi connectivity index (χ0) is 12.5. The number of hydrogen-bond donors (Lipinski definition) is 1. The van der Waals surface area contributed by atoms with E-state index in [1.807, 2.05) is 6.07 Å². The molecule has 0 saturated carbocycles. The maximum atomic E-state index is 11.1. The van der Waals surface area contributed by atoms with Crippen molar-refractivity contribution in [2.75, 3.05) is 0 Å². The van der Waals surface area contributed by atoms with Crippen LogP contribution >= 0.6 is 27.3 Å². The highest BCUT2D eigenvalue weighted by atomic mass is 79.9. The lowest BCUT2D eigenvalue weighted by atomic mass is 9.82. The molecule has 0 aliphatic rings. The third-order valence-corrected chi connectivity index (χ3v) is 4.02. The standard InChI is InChI=1S/C12H17BrO2S/c1-7(6-12(2,3)4)8-5-9(13)16-10(8)11(14)15/h5,7H,6H2,1-4H3,(H,14,15). The lowest BCUT2D eigenvalue weighted by Gasteiger charge is -2.23. The summed E-state index contributed by atoms with van der Waals surface area (Å²) in [5.41, 5.74) is 1.16. The Labute approximate surface area is 109 Å². The van der Waals surface area contributed by atoms with Gasteiger partial charge in [-0.2, -0.15) is 0 Å². The van der Waals surface area contributed by atoms with E-state index in [1.54, 1.807) is 0 Å². The second-order valence-electron chi connectivity index (χ2n) is 5.31. The summed E-state index contributed by atoms with van der Waals surface area (Å²) in [6.07, 6.45) is 0.983. The van der Waals surface area contributed by atoms with Gasteiger partial charge in [0.25, 0.3) is 0 Å². The normalized spacial score (nSPS) is 13.8. The molecule has 1 unspecified atom stereocenters. The molecule has 1 rings (SSSR count). The highest BCUT2D eigenvalue weighted by Crippen LogP contribution is 2.37. The molecule has 0 fully saturated rings. The van der Waals surface area contributed by atoms with Crippen LogP contribution in [0.15, 0.2) is 9.85 Å². The van der Waals surface area contributed by atoms with Crippen molar-refractivity contribution >= 4 is 33.2 Å². The van der Waals surface area contributed by atoms with Crippen LogP contribution in [0, 0.1) is 5.41 Å². The van der Waals surface area contributed by atoms with Gasteiger partial charge in [-0.3, -0.25) is 0 Å². The number of hydrogen-bond acceptors (Lipinski definition) is 2. The summed E-state index contributed by atoms with van der Waals surface area (Å²) in [6, 6.07) is 1.94. The van der Waals surface area contributed by atoms with Gasteiger partial charge in [0.1, 0.15) is 4.88 Å². The zero-order valence-corrected chi connectivity index (χ0v) is 12.4. The molecule has 0 spiro atoms. The quantitative estimate of drug-likeness (QED) is 0.875. The van der Waals surface area contributed by atoms with Crippen molar-refractivity contribution in [1.82, 2.24) is 0 Å². The molecule has 1 aromatic rings. The number of carboxylic acids is 1. The van der Waals surface area contributed by atoms with Crippen molar-refractivity contribution in [3.8, 4) is 0 Å². The Balaban J connectivity index is 2.99. The van der Waals surface area contributed by atoms with Gasteiger partial charge in [-0.05, 0) is 45.3 Å². The largest absolute Gasteiger partial charge is 0.477 e. The minimum absolute atomic E-state index is 0.212. The van der Waals surface area contributed by atoms with Crippen LogP contribution in [0.4, 0.5) is 0 Å². The summed E-state index contributed by atoms with van der Waals surface area (Å²) < 4.78 is 0.889. The lowest BCUT2D eigenvalue weighted by Crippen LogP contribution is -2.11. The lowest BCUT2D eigenvalue weighted by molar-refractivity contribution is 0.0700. The molecule has 1 atom stereocenters. The van der Waals surface area contributed by atoms with Crippen molar-refractivity contribution in [2.24, 2.45) is 5.41 Å². The Kier molecular flexibility index (Phi) is 4.18. The summed E-state index contributed by atoms with van der Waals surface area (Å²) >= 11 is 4.65. The van der Waals surface area contributed by atoms with E-state index in [9.17, 15) is 4.79 Å². The average molecular weight is 305 g/mol. The maximum Gasteiger partial charge on any atom is 0.346 e. The Bertz CT molecular complexity index is 390. The summed E-state index contributed by atoms with van der Waals surface area (Å²) in [5, 5.41) is 9.12. The van der Waals surface area contributed by atoms with Gasteiger partial charge >= 0.3 is 5.97 Å². The highest BCUT2D eigenvalue weighted by molar-refractivity contribution is 9.11. The van der Waals surface area contributed by atoms with Crippen LogP contribution < -0.4 is 0 Å². The van der Waals surface area contributed by atoms with Gasteiger partial charge in [0.15, 0.2) is 0 Å². The fourth-order valence-corrected chi connectivity index (χ4v) is 3.51. The predicted molar refractivity (Wildman–Crippen MR) is 71.5 cm³/mol. The van der Waals surface area contributed by atoms with Crippen LogP contribution in [0.3, 0.4) is 0 Å². The average Bonchev–Trinajstić information content (AvgIpc) is 2.44. The van der Waals surface area contributed by atoms with E-state index >= 15 is 0 Å². The summed E-state index contributed by atoms with van der Waals surface area (Å²) in [4.78, 5) is 11.6. The van der Waals surface area contributed by atoms with Crippen LogP contribution in [0.25, 0.3) is 0 Å². The maximum absolute atomic E-state index is 11.1. The third kappa shape index (κ3) is 3.59. The predicted octanol–water partition coefficient (Wildman–Crippen LogP) is 4.75. The number of aromatic carboxylic acids is 1. The Morgan fingerprint density at radius 3 is 2.56 bits per heavy atom. The minimum atomic E-state index is -0.827. The first-order chi connectivity index (χ1) is 7.20. The number of halogens is 1.